The van der Waals surface area contributed by atoms with Gasteiger partial charge in [-0.15, -0.1) is 0 Å². The van der Waals surface area contributed by atoms with Gasteiger partial charge in [0.15, 0.2) is 0 Å². The highest BCUT2D eigenvalue weighted by molar-refractivity contribution is 6.10. The molecule has 0 aliphatic carbocycles. The summed E-state index contributed by atoms with van der Waals surface area (Å²) in [6, 6.07) is 51.8. The minimum absolute atomic E-state index is 0.911. The number of aromatic nitrogens is 4. The molecule has 4 nitrogen and oxygen atoms in total. The number of hydrogen-bond acceptors (Lipinski definition) is 1. The zero-order chi connectivity index (χ0) is 26.9. The molecule has 0 bridgehead atoms. The number of benzene rings is 6. The van der Waals surface area contributed by atoms with Crippen LogP contribution >= 0.6 is 0 Å². The average Bonchev–Trinajstić information content (AvgIpc) is 3.68. The summed E-state index contributed by atoms with van der Waals surface area (Å²) < 4.78 is 7.00. The fourth-order valence-electron chi connectivity index (χ4n) is 6.56. The maximum absolute atomic E-state index is 5.14. The van der Waals surface area contributed by atoms with Crippen LogP contribution in [-0.2, 0) is 0 Å². The van der Waals surface area contributed by atoms with Gasteiger partial charge in [0, 0.05) is 21.9 Å². The van der Waals surface area contributed by atoms with Gasteiger partial charge >= 0.3 is 0 Å². The summed E-state index contributed by atoms with van der Waals surface area (Å²) in [4.78, 5) is 5.14. The second-order valence-electron chi connectivity index (χ2n) is 10.5. The average molecular weight is 525 g/mol. The molecule has 0 saturated carbocycles. The van der Waals surface area contributed by atoms with E-state index in [4.69, 9.17) is 4.98 Å². The van der Waals surface area contributed by atoms with Crippen LogP contribution in [0.2, 0.25) is 0 Å². The Kier molecular flexibility index (Phi) is 4.58. The highest BCUT2D eigenvalue weighted by atomic mass is 15.2. The highest BCUT2D eigenvalue weighted by Gasteiger charge is 2.21. The number of fused-ring (bicyclic) bond motifs is 8. The van der Waals surface area contributed by atoms with E-state index in [-0.39, 0.29) is 0 Å². The molecule has 0 saturated heterocycles. The minimum Gasteiger partial charge on any atom is -0.309 e. The van der Waals surface area contributed by atoms with Gasteiger partial charge in [0.1, 0.15) is 0 Å². The van der Waals surface area contributed by atoms with Gasteiger partial charge in [-0.1, -0.05) is 97.1 Å². The molecular weight excluding hydrogens is 500 g/mol. The lowest BCUT2D eigenvalue weighted by molar-refractivity contribution is 1.11. The van der Waals surface area contributed by atoms with Crippen molar-refractivity contribution in [1.29, 1.82) is 0 Å². The molecule has 3 aromatic heterocycles. The number of hydrogen-bond donors (Lipinski definition) is 0. The van der Waals surface area contributed by atoms with Crippen molar-refractivity contribution in [2.75, 3.05) is 0 Å². The zero-order valence-electron chi connectivity index (χ0n) is 22.1. The van der Waals surface area contributed by atoms with E-state index in [1.165, 1.54) is 27.4 Å². The molecular formula is C37H24N4. The third-order valence-electron chi connectivity index (χ3n) is 8.27. The van der Waals surface area contributed by atoms with Crippen LogP contribution in [0, 0.1) is 0 Å². The van der Waals surface area contributed by atoms with Crippen molar-refractivity contribution in [3.8, 4) is 22.5 Å². The molecule has 192 valence electrons. The van der Waals surface area contributed by atoms with Crippen LogP contribution < -0.4 is 0 Å². The van der Waals surface area contributed by atoms with E-state index in [0.717, 1.165) is 44.8 Å². The molecule has 0 radical (unpaired) electrons. The molecule has 4 heteroatoms. The maximum atomic E-state index is 5.14. The lowest BCUT2D eigenvalue weighted by atomic mass is 10.0. The van der Waals surface area contributed by atoms with Crippen molar-refractivity contribution in [1.82, 2.24) is 18.5 Å². The number of para-hydroxylation sites is 8. The Labute approximate surface area is 236 Å². The second kappa shape index (κ2) is 8.44. The van der Waals surface area contributed by atoms with Crippen molar-refractivity contribution in [2.24, 2.45) is 0 Å². The molecule has 9 rings (SSSR count). The van der Waals surface area contributed by atoms with Gasteiger partial charge in [-0.05, 0) is 48.5 Å². The Morgan fingerprint density at radius 3 is 1.49 bits per heavy atom. The summed E-state index contributed by atoms with van der Waals surface area (Å²) in [6.07, 6.45) is 0. The first kappa shape index (κ1) is 22.2. The molecule has 0 N–H and O–H groups in total. The molecule has 9 aromatic rings. The SMILES string of the molecule is c1ccc(-n2c3ccccc3c3ccccc32)c(-c2ccccc2-n2c3ccccc3n3c4ccccc4nc23)c1. The van der Waals surface area contributed by atoms with Crippen molar-refractivity contribution in [2.45, 2.75) is 0 Å². The molecule has 0 aliphatic rings. The van der Waals surface area contributed by atoms with E-state index in [1.54, 1.807) is 0 Å². The van der Waals surface area contributed by atoms with Gasteiger partial charge in [-0.2, -0.15) is 0 Å². The Morgan fingerprint density at radius 1 is 0.366 bits per heavy atom. The maximum Gasteiger partial charge on any atom is 0.220 e. The van der Waals surface area contributed by atoms with E-state index in [1.807, 2.05) is 0 Å². The fraction of sp³-hybridized carbons (Fsp3) is 0. The topological polar surface area (TPSA) is 27.2 Å². The third-order valence-corrected chi connectivity index (χ3v) is 8.27. The van der Waals surface area contributed by atoms with Gasteiger partial charge in [0.25, 0.3) is 0 Å². The van der Waals surface area contributed by atoms with Crippen molar-refractivity contribution in [3.05, 3.63) is 146 Å². The number of imidazole rings is 2. The van der Waals surface area contributed by atoms with E-state index in [0.29, 0.717) is 0 Å². The summed E-state index contributed by atoms with van der Waals surface area (Å²) in [5, 5.41) is 2.52. The smallest absolute Gasteiger partial charge is 0.220 e. The van der Waals surface area contributed by atoms with E-state index >= 15 is 0 Å². The quantitative estimate of drug-likeness (QED) is 0.226. The molecule has 3 heterocycles. The molecule has 41 heavy (non-hydrogen) atoms. The lowest BCUT2D eigenvalue weighted by Crippen LogP contribution is -2.01. The summed E-state index contributed by atoms with van der Waals surface area (Å²) in [5.41, 5.74) is 11.3. The largest absolute Gasteiger partial charge is 0.309 e. The first-order chi connectivity index (χ1) is 20.4. The van der Waals surface area contributed by atoms with Crippen LogP contribution in [0.25, 0.3) is 72.2 Å². The summed E-state index contributed by atoms with van der Waals surface area (Å²) in [6.45, 7) is 0. The predicted molar refractivity (Wildman–Crippen MR) is 169 cm³/mol. The summed E-state index contributed by atoms with van der Waals surface area (Å²) in [5.74, 6) is 0.911. The van der Waals surface area contributed by atoms with Crippen LogP contribution in [0.4, 0.5) is 0 Å². The van der Waals surface area contributed by atoms with Gasteiger partial charge in [-0.25, -0.2) is 4.98 Å². The molecule has 0 atom stereocenters. The molecule has 6 aromatic carbocycles. The Morgan fingerprint density at radius 2 is 0.829 bits per heavy atom. The Bertz CT molecular complexity index is 2380. The summed E-state index contributed by atoms with van der Waals surface area (Å²) in [7, 11) is 0. The standard InChI is InChI=1S/C37H24N4/c1-6-18-30-25(13-1)26-14-2-7-19-31(26)39(30)32-20-8-3-15-27(32)28-16-4-9-21-33(28)40-35-23-11-12-24-36(35)41-34-22-10-5-17-29(34)38-37(40)41/h1-24H. The molecule has 0 spiro atoms. The molecule has 0 aliphatic heterocycles. The van der Waals surface area contributed by atoms with Crippen molar-refractivity contribution in [3.63, 3.8) is 0 Å². The zero-order valence-corrected chi connectivity index (χ0v) is 22.1. The van der Waals surface area contributed by atoms with E-state index in [9.17, 15) is 0 Å². The number of nitrogens with zero attached hydrogens (tertiary/aromatic N) is 4. The van der Waals surface area contributed by atoms with E-state index < -0.39 is 0 Å². The minimum atomic E-state index is 0.911. The molecule has 0 unspecified atom stereocenters. The van der Waals surface area contributed by atoms with Gasteiger partial charge in [0.05, 0.1) is 44.5 Å². The fourth-order valence-corrected chi connectivity index (χ4v) is 6.56. The van der Waals surface area contributed by atoms with Crippen LogP contribution in [0.15, 0.2) is 146 Å². The third kappa shape index (κ3) is 3.07. The monoisotopic (exact) mass is 524 g/mol. The Balaban J connectivity index is 1.38. The lowest BCUT2D eigenvalue weighted by Gasteiger charge is -2.17. The van der Waals surface area contributed by atoms with Crippen LogP contribution in [0.3, 0.4) is 0 Å². The van der Waals surface area contributed by atoms with Gasteiger partial charge in [0.2, 0.25) is 5.78 Å². The summed E-state index contributed by atoms with van der Waals surface area (Å²) >= 11 is 0. The number of rotatable bonds is 3. The van der Waals surface area contributed by atoms with Crippen LogP contribution in [0.1, 0.15) is 0 Å². The normalized spacial score (nSPS) is 11.9. The highest BCUT2D eigenvalue weighted by Crippen LogP contribution is 2.39. The molecule has 0 fully saturated rings. The predicted octanol–water partition coefficient (Wildman–Crippen LogP) is 9.20. The van der Waals surface area contributed by atoms with Crippen LogP contribution in [-0.4, -0.2) is 18.5 Å². The molecule has 0 amide bonds. The van der Waals surface area contributed by atoms with Gasteiger partial charge < -0.3 is 4.57 Å². The van der Waals surface area contributed by atoms with E-state index in [2.05, 4.69) is 159 Å². The van der Waals surface area contributed by atoms with Crippen LogP contribution in [0.5, 0.6) is 0 Å². The Hall–Kier alpha value is -5.61. The van der Waals surface area contributed by atoms with Gasteiger partial charge in [-0.3, -0.25) is 8.97 Å². The first-order valence-corrected chi connectivity index (χ1v) is 13.9. The first-order valence-electron chi connectivity index (χ1n) is 13.9. The van der Waals surface area contributed by atoms with Crippen molar-refractivity contribution < 1.29 is 0 Å². The second-order valence-corrected chi connectivity index (χ2v) is 10.5. The van der Waals surface area contributed by atoms with Crippen molar-refractivity contribution >= 4 is 49.7 Å².